The van der Waals surface area contributed by atoms with Gasteiger partial charge in [0.1, 0.15) is 0 Å². The summed E-state index contributed by atoms with van der Waals surface area (Å²) in [7, 11) is 0. The Balaban J connectivity index is 2.32. The monoisotopic (exact) mass is 240 g/mol. The zero-order chi connectivity index (χ0) is 12.0. The van der Waals surface area contributed by atoms with E-state index in [4.69, 9.17) is 0 Å². The van der Waals surface area contributed by atoms with Gasteiger partial charge in [-0.05, 0) is 35.7 Å². The molecule has 0 amide bonds. The molecule has 0 saturated carbocycles. The van der Waals surface area contributed by atoms with Crippen molar-refractivity contribution in [3.05, 3.63) is 59.2 Å². The van der Waals surface area contributed by atoms with Crippen molar-refractivity contribution in [3.8, 4) is 0 Å². The zero-order valence-corrected chi connectivity index (χ0v) is 11.3. The van der Waals surface area contributed by atoms with Crippen LogP contribution in [0, 0.1) is 6.92 Å². The predicted octanol–water partition coefficient (Wildman–Crippen LogP) is 4.79. The quantitative estimate of drug-likeness (QED) is 0.638. The average molecular weight is 240 g/mol. The fourth-order valence-corrected chi connectivity index (χ4v) is 4.33. The van der Waals surface area contributed by atoms with Gasteiger partial charge in [-0.1, -0.05) is 55.9 Å². The molecule has 86 valence electrons. The summed E-state index contributed by atoms with van der Waals surface area (Å²) in [6.45, 7) is 6.88. The van der Waals surface area contributed by atoms with E-state index < -0.39 is 0 Å². The predicted molar refractivity (Wildman–Crippen MR) is 73.9 cm³/mol. The highest BCUT2D eigenvalue weighted by Gasteiger charge is 2.33. The second kappa shape index (κ2) is 3.64. The summed E-state index contributed by atoms with van der Waals surface area (Å²) >= 11 is 1.90. The Kier molecular flexibility index (Phi) is 2.34. The first-order valence-corrected chi connectivity index (χ1v) is 6.80. The molecule has 17 heavy (non-hydrogen) atoms. The van der Waals surface area contributed by atoms with Gasteiger partial charge in [-0.15, -0.1) is 0 Å². The SMILES string of the molecule is Cc1cccc2c1C(C)(C)c1ccccc1S2. The van der Waals surface area contributed by atoms with Crippen LogP contribution in [0.1, 0.15) is 30.5 Å². The van der Waals surface area contributed by atoms with Gasteiger partial charge in [-0.3, -0.25) is 0 Å². The normalized spacial score (nSPS) is 16.2. The smallest absolute Gasteiger partial charge is 0.0171 e. The van der Waals surface area contributed by atoms with Crippen LogP contribution in [0.15, 0.2) is 52.3 Å². The van der Waals surface area contributed by atoms with Gasteiger partial charge in [-0.25, -0.2) is 0 Å². The molecule has 0 radical (unpaired) electrons. The van der Waals surface area contributed by atoms with Gasteiger partial charge in [0.2, 0.25) is 0 Å². The van der Waals surface area contributed by atoms with Gasteiger partial charge in [0, 0.05) is 15.2 Å². The Morgan fingerprint density at radius 3 is 2.41 bits per heavy atom. The molecule has 0 bridgehead atoms. The molecule has 2 aromatic rings. The highest BCUT2D eigenvalue weighted by Crippen LogP contribution is 2.49. The maximum atomic E-state index is 2.33. The average Bonchev–Trinajstić information content (AvgIpc) is 2.28. The van der Waals surface area contributed by atoms with Crippen LogP contribution >= 0.6 is 11.8 Å². The maximum absolute atomic E-state index is 2.33. The third-order valence-electron chi connectivity index (χ3n) is 3.64. The largest absolute Gasteiger partial charge is 0.0894 e. The van der Waals surface area contributed by atoms with Crippen molar-refractivity contribution in [2.45, 2.75) is 36.0 Å². The molecule has 2 aromatic carbocycles. The van der Waals surface area contributed by atoms with Crippen molar-refractivity contribution >= 4 is 11.8 Å². The fourth-order valence-electron chi connectivity index (χ4n) is 2.85. The van der Waals surface area contributed by atoms with Gasteiger partial charge in [0.25, 0.3) is 0 Å². The molecular formula is C16H16S. The van der Waals surface area contributed by atoms with Crippen LogP contribution in [0.5, 0.6) is 0 Å². The lowest BCUT2D eigenvalue weighted by molar-refractivity contribution is 0.602. The molecule has 0 aromatic heterocycles. The third kappa shape index (κ3) is 1.53. The first-order chi connectivity index (χ1) is 8.10. The Morgan fingerprint density at radius 2 is 1.59 bits per heavy atom. The molecule has 0 atom stereocenters. The molecule has 1 heteroatoms. The van der Waals surface area contributed by atoms with Crippen molar-refractivity contribution in [2.75, 3.05) is 0 Å². The number of aryl methyl sites for hydroxylation is 1. The van der Waals surface area contributed by atoms with Crippen LogP contribution in [-0.4, -0.2) is 0 Å². The zero-order valence-electron chi connectivity index (χ0n) is 10.4. The van der Waals surface area contributed by atoms with E-state index >= 15 is 0 Å². The van der Waals surface area contributed by atoms with E-state index in [0.717, 1.165) is 0 Å². The van der Waals surface area contributed by atoms with Crippen LogP contribution in [0.2, 0.25) is 0 Å². The minimum absolute atomic E-state index is 0.114. The number of hydrogen-bond donors (Lipinski definition) is 0. The number of rotatable bonds is 0. The molecule has 0 nitrogen and oxygen atoms in total. The second-order valence-corrected chi connectivity index (χ2v) is 6.26. The number of benzene rings is 2. The topological polar surface area (TPSA) is 0 Å². The summed E-state index contributed by atoms with van der Waals surface area (Å²) in [5.74, 6) is 0. The lowest BCUT2D eigenvalue weighted by atomic mass is 9.76. The Labute approximate surface area is 107 Å². The Bertz CT molecular complexity index is 582. The van der Waals surface area contributed by atoms with Crippen LogP contribution in [-0.2, 0) is 5.41 Å². The summed E-state index contributed by atoms with van der Waals surface area (Å²) in [5.41, 5.74) is 4.45. The minimum atomic E-state index is 0.114. The van der Waals surface area contributed by atoms with E-state index in [1.807, 2.05) is 11.8 Å². The van der Waals surface area contributed by atoms with E-state index in [1.165, 1.54) is 26.5 Å². The molecule has 0 saturated heterocycles. The molecule has 0 aliphatic carbocycles. The van der Waals surface area contributed by atoms with Crippen molar-refractivity contribution < 1.29 is 0 Å². The summed E-state index contributed by atoms with van der Waals surface area (Å²) in [6, 6.07) is 15.4. The molecular weight excluding hydrogens is 224 g/mol. The standard InChI is InChI=1S/C16H16S/c1-11-7-6-10-14-15(11)16(2,3)12-8-4-5-9-13(12)17-14/h4-10H,1-3H3. The van der Waals surface area contributed by atoms with Crippen molar-refractivity contribution in [1.82, 2.24) is 0 Å². The molecule has 0 spiro atoms. The molecule has 1 aliphatic rings. The van der Waals surface area contributed by atoms with Gasteiger partial charge in [0.15, 0.2) is 0 Å². The summed E-state index contributed by atoms with van der Waals surface area (Å²) < 4.78 is 0. The van der Waals surface area contributed by atoms with Crippen molar-refractivity contribution in [2.24, 2.45) is 0 Å². The molecule has 0 fully saturated rings. The summed E-state index contributed by atoms with van der Waals surface area (Å²) in [4.78, 5) is 2.81. The molecule has 3 rings (SSSR count). The number of fused-ring (bicyclic) bond motifs is 2. The highest BCUT2D eigenvalue weighted by molar-refractivity contribution is 7.99. The van der Waals surface area contributed by atoms with Gasteiger partial charge >= 0.3 is 0 Å². The van der Waals surface area contributed by atoms with E-state index in [1.54, 1.807) is 0 Å². The Hall–Kier alpha value is -1.21. The molecule has 1 heterocycles. The van der Waals surface area contributed by atoms with Gasteiger partial charge in [0.05, 0.1) is 0 Å². The van der Waals surface area contributed by atoms with E-state index in [9.17, 15) is 0 Å². The molecule has 0 unspecified atom stereocenters. The van der Waals surface area contributed by atoms with E-state index in [2.05, 4.69) is 63.2 Å². The highest BCUT2D eigenvalue weighted by atomic mass is 32.2. The lowest BCUT2D eigenvalue weighted by Crippen LogP contribution is -2.24. The maximum Gasteiger partial charge on any atom is 0.0171 e. The fraction of sp³-hybridized carbons (Fsp3) is 0.250. The lowest BCUT2D eigenvalue weighted by Gasteiger charge is -2.35. The van der Waals surface area contributed by atoms with Crippen molar-refractivity contribution in [1.29, 1.82) is 0 Å². The summed E-state index contributed by atoms with van der Waals surface area (Å²) in [6.07, 6.45) is 0. The first kappa shape index (κ1) is 10.9. The van der Waals surface area contributed by atoms with Crippen LogP contribution < -0.4 is 0 Å². The Morgan fingerprint density at radius 1 is 0.882 bits per heavy atom. The minimum Gasteiger partial charge on any atom is -0.0894 e. The molecule has 0 N–H and O–H groups in total. The first-order valence-electron chi connectivity index (χ1n) is 5.98. The van der Waals surface area contributed by atoms with E-state index in [0.29, 0.717) is 0 Å². The summed E-state index contributed by atoms with van der Waals surface area (Å²) in [5, 5.41) is 0. The van der Waals surface area contributed by atoms with Crippen LogP contribution in [0.4, 0.5) is 0 Å². The van der Waals surface area contributed by atoms with E-state index in [-0.39, 0.29) is 5.41 Å². The van der Waals surface area contributed by atoms with Crippen molar-refractivity contribution in [3.63, 3.8) is 0 Å². The van der Waals surface area contributed by atoms with Crippen LogP contribution in [0.3, 0.4) is 0 Å². The van der Waals surface area contributed by atoms with Gasteiger partial charge in [-0.2, -0.15) is 0 Å². The van der Waals surface area contributed by atoms with Crippen LogP contribution in [0.25, 0.3) is 0 Å². The third-order valence-corrected chi connectivity index (χ3v) is 4.78. The number of hydrogen-bond acceptors (Lipinski definition) is 1. The second-order valence-electron chi connectivity index (χ2n) is 5.17. The molecule has 1 aliphatic heterocycles. The van der Waals surface area contributed by atoms with Gasteiger partial charge < -0.3 is 0 Å².